The average Bonchev–Trinajstić information content (AvgIpc) is 2.15. The maximum Gasteiger partial charge on any atom is 0.130 e. The van der Waals surface area contributed by atoms with Gasteiger partial charge in [-0.3, -0.25) is 0 Å². The molecular weight excluding hydrogens is 176 g/mol. The zero-order valence-electron chi connectivity index (χ0n) is 9.28. The summed E-state index contributed by atoms with van der Waals surface area (Å²) in [6.07, 6.45) is 2.08. The Kier molecular flexibility index (Phi) is 3.47. The molecule has 14 heavy (non-hydrogen) atoms. The standard InChI is InChI=1S/C11H18N2O/c1-5-10(14)9-6-8(2)11(12-7-9)13(3)4/h6-7,10,14H,5H2,1-4H3/t10-/m0/s1. The highest BCUT2D eigenvalue weighted by Crippen LogP contribution is 2.21. The smallest absolute Gasteiger partial charge is 0.130 e. The van der Waals surface area contributed by atoms with Crippen molar-refractivity contribution in [2.45, 2.75) is 26.4 Å². The van der Waals surface area contributed by atoms with Gasteiger partial charge in [0.15, 0.2) is 0 Å². The minimum absolute atomic E-state index is 0.391. The maximum absolute atomic E-state index is 9.63. The summed E-state index contributed by atoms with van der Waals surface area (Å²) in [5.41, 5.74) is 2.00. The van der Waals surface area contributed by atoms with Crippen LogP contribution in [0.4, 0.5) is 5.82 Å². The van der Waals surface area contributed by atoms with Crippen LogP contribution in [-0.4, -0.2) is 24.2 Å². The SMILES string of the molecule is CC[C@H](O)c1cnc(N(C)C)c(C)c1. The van der Waals surface area contributed by atoms with E-state index in [0.717, 1.165) is 23.4 Å². The van der Waals surface area contributed by atoms with Crippen LogP contribution in [0.2, 0.25) is 0 Å². The quantitative estimate of drug-likeness (QED) is 0.798. The summed E-state index contributed by atoms with van der Waals surface area (Å²) < 4.78 is 0. The predicted molar refractivity (Wildman–Crippen MR) is 58.6 cm³/mol. The van der Waals surface area contributed by atoms with Crippen LogP contribution in [0.15, 0.2) is 12.3 Å². The van der Waals surface area contributed by atoms with E-state index in [1.807, 2.05) is 38.9 Å². The Morgan fingerprint density at radius 2 is 2.14 bits per heavy atom. The Morgan fingerprint density at radius 3 is 2.57 bits per heavy atom. The fraction of sp³-hybridized carbons (Fsp3) is 0.545. The second-order valence-corrected chi connectivity index (χ2v) is 3.73. The van der Waals surface area contributed by atoms with E-state index in [9.17, 15) is 5.11 Å². The number of rotatable bonds is 3. The van der Waals surface area contributed by atoms with Crippen LogP contribution in [0.3, 0.4) is 0 Å². The molecule has 0 aliphatic heterocycles. The van der Waals surface area contributed by atoms with E-state index in [0.29, 0.717) is 0 Å². The highest BCUT2D eigenvalue weighted by atomic mass is 16.3. The Labute approximate surface area is 85.4 Å². The second kappa shape index (κ2) is 4.42. The van der Waals surface area contributed by atoms with Crippen LogP contribution in [-0.2, 0) is 0 Å². The first-order valence-electron chi connectivity index (χ1n) is 4.88. The molecule has 1 rings (SSSR count). The summed E-state index contributed by atoms with van der Waals surface area (Å²) in [5.74, 6) is 0.956. The minimum atomic E-state index is -0.391. The maximum atomic E-state index is 9.63. The lowest BCUT2D eigenvalue weighted by molar-refractivity contribution is 0.173. The van der Waals surface area contributed by atoms with E-state index in [1.165, 1.54) is 0 Å². The van der Waals surface area contributed by atoms with Crippen molar-refractivity contribution in [3.8, 4) is 0 Å². The van der Waals surface area contributed by atoms with Gasteiger partial charge in [-0.25, -0.2) is 4.98 Å². The first-order valence-corrected chi connectivity index (χ1v) is 4.88. The molecule has 78 valence electrons. The lowest BCUT2D eigenvalue weighted by atomic mass is 10.1. The molecule has 3 heteroatoms. The van der Waals surface area contributed by atoms with Gasteiger partial charge >= 0.3 is 0 Å². The average molecular weight is 194 g/mol. The van der Waals surface area contributed by atoms with Crippen molar-refractivity contribution < 1.29 is 5.11 Å². The fourth-order valence-corrected chi connectivity index (χ4v) is 1.48. The normalized spacial score (nSPS) is 12.6. The lowest BCUT2D eigenvalue weighted by Gasteiger charge is -2.16. The number of hydrogen-bond donors (Lipinski definition) is 1. The second-order valence-electron chi connectivity index (χ2n) is 3.73. The highest BCUT2D eigenvalue weighted by molar-refractivity contribution is 5.46. The Balaban J connectivity index is 3.00. The zero-order valence-corrected chi connectivity index (χ0v) is 9.28. The van der Waals surface area contributed by atoms with Crippen LogP contribution in [0.1, 0.15) is 30.6 Å². The van der Waals surface area contributed by atoms with Gasteiger partial charge in [0.2, 0.25) is 0 Å². The molecule has 1 N–H and O–H groups in total. The van der Waals surface area contributed by atoms with Gasteiger partial charge in [0.25, 0.3) is 0 Å². The molecule has 1 heterocycles. The molecule has 0 radical (unpaired) electrons. The van der Waals surface area contributed by atoms with Crippen molar-refractivity contribution in [1.29, 1.82) is 0 Å². The first-order chi connectivity index (χ1) is 6.56. The number of aryl methyl sites for hydroxylation is 1. The summed E-state index contributed by atoms with van der Waals surface area (Å²) in [6, 6.07) is 2.00. The van der Waals surface area contributed by atoms with Crippen molar-refractivity contribution >= 4 is 5.82 Å². The molecule has 0 aromatic carbocycles. The zero-order chi connectivity index (χ0) is 10.7. The number of aromatic nitrogens is 1. The molecule has 1 atom stereocenters. The van der Waals surface area contributed by atoms with Gasteiger partial charge in [0.1, 0.15) is 5.82 Å². The third-order valence-corrected chi connectivity index (χ3v) is 2.27. The number of aliphatic hydroxyl groups excluding tert-OH is 1. The summed E-state index contributed by atoms with van der Waals surface area (Å²) in [4.78, 5) is 6.28. The van der Waals surface area contributed by atoms with Crippen LogP contribution >= 0.6 is 0 Å². The third-order valence-electron chi connectivity index (χ3n) is 2.27. The molecule has 0 unspecified atom stereocenters. The number of hydrogen-bond acceptors (Lipinski definition) is 3. The van der Waals surface area contributed by atoms with E-state index in [1.54, 1.807) is 6.20 Å². The van der Waals surface area contributed by atoms with Gasteiger partial charge in [0, 0.05) is 20.3 Å². The van der Waals surface area contributed by atoms with E-state index in [2.05, 4.69) is 4.98 Å². The third kappa shape index (κ3) is 2.23. The number of aliphatic hydroxyl groups is 1. The number of nitrogens with zero attached hydrogens (tertiary/aromatic N) is 2. The van der Waals surface area contributed by atoms with E-state index in [-0.39, 0.29) is 0 Å². The van der Waals surface area contributed by atoms with Crippen molar-refractivity contribution in [1.82, 2.24) is 4.98 Å². The lowest BCUT2D eigenvalue weighted by Crippen LogP contribution is -2.12. The van der Waals surface area contributed by atoms with E-state index < -0.39 is 6.10 Å². The molecule has 0 bridgehead atoms. The van der Waals surface area contributed by atoms with Crippen LogP contribution < -0.4 is 4.90 Å². The van der Waals surface area contributed by atoms with E-state index >= 15 is 0 Å². The molecule has 0 saturated carbocycles. The monoisotopic (exact) mass is 194 g/mol. The Hall–Kier alpha value is -1.09. The van der Waals surface area contributed by atoms with Gasteiger partial charge in [-0.05, 0) is 30.5 Å². The van der Waals surface area contributed by atoms with Gasteiger partial charge < -0.3 is 10.0 Å². The predicted octanol–water partition coefficient (Wildman–Crippen LogP) is 1.90. The Morgan fingerprint density at radius 1 is 1.50 bits per heavy atom. The summed E-state index contributed by atoms with van der Waals surface area (Å²) in [6.45, 7) is 3.97. The first kappa shape index (κ1) is 11.0. The minimum Gasteiger partial charge on any atom is -0.388 e. The van der Waals surface area contributed by atoms with Gasteiger partial charge in [-0.15, -0.1) is 0 Å². The molecule has 3 nitrogen and oxygen atoms in total. The van der Waals surface area contributed by atoms with Gasteiger partial charge in [0.05, 0.1) is 6.10 Å². The summed E-state index contributed by atoms with van der Waals surface area (Å²) in [5, 5.41) is 9.63. The summed E-state index contributed by atoms with van der Waals surface area (Å²) in [7, 11) is 3.93. The van der Waals surface area contributed by atoms with Crippen molar-refractivity contribution in [2.75, 3.05) is 19.0 Å². The molecule has 1 aromatic rings. The van der Waals surface area contributed by atoms with Crippen molar-refractivity contribution in [2.24, 2.45) is 0 Å². The summed E-state index contributed by atoms with van der Waals surface area (Å²) >= 11 is 0. The van der Waals surface area contributed by atoms with Crippen LogP contribution in [0.25, 0.3) is 0 Å². The van der Waals surface area contributed by atoms with Gasteiger partial charge in [-0.2, -0.15) is 0 Å². The Bertz CT molecular complexity index is 310. The number of pyridine rings is 1. The molecule has 1 aromatic heterocycles. The molecule has 0 aliphatic rings. The van der Waals surface area contributed by atoms with Gasteiger partial charge in [-0.1, -0.05) is 6.92 Å². The molecule has 0 aliphatic carbocycles. The number of anilines is 1. The van der Waals surface area contributed by atoms with Crippen LogP contribution in [0, 0.1) is 6.92 Å². The highest BCUT2D eigenvalue weighted by Gasteiger charge is 2.08. The van der Waals surface area contributed by atoms with Crippen molar-refractivity contribution in [3.63, 3.8) is 0 Å². The largest absolute Gasteiger partial charge is 0.388 e. The molecular formula is C11H18N2O. The molecule has 0 amide bonds. The molecule has 0 spiro atoms. The van der Waals surface area contributed by atoms with E-state index in [4.69, 9.17) is 0 Å². The van der Waals surface area contributed by atoms with Crippen LogP contribution in [0.5, 0.6) is 0 Å². The molecule has 0 saturated heterocycles. The van der Waals surface area contributed by atoms with Crippen molar-refractivity contribution in [3.05, 3.63) is 23.4 Å². The topological polar surface area (TPSA) is 36.4 Å². The molecule has 0 fully saturated rings. The fourth-order valence-electron chi connectivity index (χ4n) is 1.48.